The monoisotopic (exact) mass is 343 g/mol. The van der Waals surface area contributed by atoms with Crippen molar-refractivity contribution in [3.8, 4) is 17.2 Å². The molecule has 8 heteroatoms. The van der Waals surface area contributed by atoms with Gasteiger partial charge in [-0.2, -0.15) is 0 Å². The van der Waals surface area contributed by atoms with E-state index in [1.54, 1.807) is 12.1 Å². The van der Waals surface area contributed by atoms with Crippen LogP contribution in [0.4, 0.5) is 20.6 Å². The molecule has 1 heterocycles. The van der Waals surface area contributed by atoms with Crippen LogP contribution in [0.25, 0.3) is 10.9 Å². The van der Waals surface area contributed by atoms with Gasteiger partial charge >= 0.3 is 6.09 Å². The van der Waals surface area contributed by atoms with Gasteiger partial charge in [0.2, 0.25) is 0 Å². The zero-order valence-electron chi connectivity index (χ0n) is 13.1. The quantitative estimate of drug-likeness (QED) is 0.621. The highest BCUT2D eigenvalue weighted by molar-refractivity contribution is 5.95. The van der Waals surface area contributed by atoms with Crippen molar-refractivity contribution in [1.29, 1.82) is 0 Å². The molecular weight excluding hydrogens is 329 g/mol. The van der Waals surface area contributed by atoms with Crippen LogP contribution in [0.3, 0.4) is 0 Å². The molecule has 0 fully saturated rings. The number of rotatable bonds is 4. The fourth-order valence-corrected chi connectivity index (χ4v) is 2.32. The summed E-state index contributed by atoms with van der Waals surface area (Å²) in [6.45, 7) is 0. The molecule has 0 unspecified atom stereocenters. The van der Waals surface area contributed by atoms with Crippen LogP contribution in [0, 0.1) is 5.82 Å². The molecule has 1 amide bonds. The van der Waals surface area contributed by atoms with Gasteiger partial charge < -0.3 is 20.3 Å². The Bertz CT molecular complexity index is 962. The van der Waals surface area contributed by atoms with Crippen molar-refractivity contribution in [2.45, 2.75) is 0 Å². The highest BCUT2D eigenvalue weighted by Gasteiger charge is 2.13. The van der Waals surface area contributed by atoms with Crippen LogP contribution in [0.2, 0.25) is 0 Å². The van der Waals surface area contributed by atoms with Crippen molar-refractivity contribution in [3.63, 3.8) is 0 Å². The van der Waals surface area contributed by atoms with Gasteiger partial charge in [-0.05, 0) is 24.3 Å². The maximum Gasteiger partial charge on any atom is 0.409 e. The Labute approximate surface area is 141 Å². The second-order valence-electron chi connectivity index (χ2n) is 5.09. The number of hydrogen-bond donors (Lipinski definition) is 3. The summed E-state index contributed by atoms with van der Waals surface area (Å²) in [5.74, 6) is 0.358. The zero-order valence-corrected chi connectivity index (χ0v) is 13.1. The number of nitrogens with zero attached hydrogens (tertiary/aromatic N) is 1. The van der Waals surface area contributed by atoms with Gasteiger partial charge in [-0.25, -0.2) is 9.18 Å². The van der Waals surface area contributed by atoms with Crippen molar-refractivity contribution in [2.24, 2.45) is 0 Å². The standard InChI is InChI=1S/C17H14FN3O4/c1-24-16-8-13-10(7-14(16)21-17(22)23)15(4-5-20-13)25-9-2-3-12(19)11(18)6-9/h2-8,21H,19H2,1H3,(H,22,23). The third kappa shape index (κ3) is 3.37. The fraction of sp³-hybridized carbons (Fsp3) is 0.0588. The van der Waals surface area contributed by atoms with Gasteiger partial charge in [-0.15, -0.1) is 0 Å². The lowest BCUT2D eigenvalue weighted by Gasteiger charge is -2.13. The van der Waals surface area contributed by atoms with Crippen LogP contribution in [0.1, 0.15) is 0 Å². The maximum atomic E-state index is 13.6. The summed E-state index contributed by atoms with van der Waals surface area (Å²) in [5, 5.41) is 11.7. The van der Waals surface area contributed by atoms with Crippen LogP contribution in [0.5, 0.6) is 17.2 Å². The molecule has 0 bridgehead atoms. The van der Waals surface area contributed by atoms with E-state index in [1.165, 1.54) is 37.6 Å². The molecule has 0 spiro atoms. The van der Waals surface area contributed by atoms with Gasteiger partial charge in [0.15, 0.2) is 0 Å². The van der Waals surface area contributed by atoms with Crippen LogP contribution in [-0.4, -0.2) is 23.3 Å². The summed E-state index contributed by atoms with van der Waals surface area (Å²) in [7, 11) is 1.42. The van der Waals surface area contributed by atoms with Crippen molar-refractivity contribution in [3.05, 3.63) is 48.4 Å². The van der Waals surface area contributed by atoms with Crippen LogP contribution in [0.15, 0.2) is 42.6 Å². The van der Waals surface area contributed by atoms with Crippen molar-refractivity contribution in [2.75, 3.05) is 18.2 Å². The van der Waals surface area contributed by atoms with Crippen LogP contribution < -0.4 is 20.5 Å². The third-order valence-electron chi connectivity index (χ3n) is 3.46. The van der Waals surface area contributed by atoms with Gasteiger partial charge in [-0.3, -0.25) is 10.3 Å². The van der Waals surface area contributed by atoms with E-state index in [0.717, 1.165) is 0 Å². The number of anilines is 2. The number of halogens is 1. The molecular formula is C17H14FN3O4. The predicted octanol–water partition coefficient (Wildman–Crippen LogP) is 3.85. The first-order valence-corrected chi connectivity index (χ1v) is 7.17. The number of fused-ring (bicyclic) bond motifs is 1. The normalized spacial score (nSPS) is 10.5. The number of amides is 1. The number of hydrogen-bond acceptors (Lipinski definition) is 5. The lowest BCUT2D eigenvalue weighted by atomic mass is 10.1. The van der Waals surface area contributed by atoms with Crippen molar-refractivity contribution < 1.29 is 23.8 Å². The first-order chi connectivity index (χ1) is 12.0. The Morgan fingerprint density at radius 1 is 1.24 bits per heavy atom. The smallest absolute Gasteiger partial charge is 0.409 e. The van der Waals surface area contributed by atoms with Gasteiger partial charge in [-0.1, -0.05) is 0 Å². The predicted molar refractivity (Wildman–Crippen MR) is 90.8 cm³/mol. The Balaban J connectivity index is 2.08. The number of nitrogens with two attached hydrogens (primary N) is 1. The average Bonchev–Trinajstić information content (AvgIpc) is 2.57. The number of aromatic nitrogens is 1. The summed E-state index contributed by atoms with van der Waals surface area (Å²) >= 11 is 0. The second-order valence-corrected chi connectivity index (χ2v) is 5.09. The zero-order chi connectivity index (χ0) is 18.0. The molecule has 0 saturated heterocycles. The third-order valence-corrected chi connectivity index (χ3v) is 3.46. The number of benzene rings is 2. The summed E-state index contributed by atoms with van der Waals surface area (Å²) in [6, 6.07) is 8.81. The Morgan fingerprint density at radius 2 is 2.04 bits per heavy atom. The molecule has 3 rings (SSSR count). The first kappa shape index (κ1) is 16.3. The molecule has 0 radical (unpaired) electrons. The molecule has 1 aromatic heterocycles. The van der Waals surface area contributed by atoms with Gasteiger partial charge in [0.1, 0.15) is 23.1 Å². The number of nitrogen functional groups attached to an aromatic ring is 1. The molecule has 2 aromatic carbocycles. The number of pyridine rings is 1. The topological polar surface area (TPSA) is 107 Å². The van der Waals surface area contributed by atoms with E-state index in [2.05, 4.69) is 10.3 Å². The van der Waals surface area contributed by atoms with E-state index < -0.39 is 11.9 Å². The summed E-state index contributed by atoms with van der Waals surface area (Å²) in [5.41, 5.74) is 6.24. The van der Waals surface area contributed by atoms with Gasteiger partial charge in [0, 0.05) is 23.7 Å². The van der Waals surface area contributed by atoms with Crippen molar-refractivity contribution >= 4 is 28.4 Å². The molecule has 0 atom stereocenters. The lowest BCUT2D eigenvalue weighted by molar-refractivity contribution is 0.209. The average molecular weight is 343 g/mol. The molecule has 3 aromatic rings. The van der Waals surface area contributed by atoms with E-state index in [0.29, 0.717) is 22.4 Å². The lowest BCUT2D eigenvalue weighted by Crippen LogP contribution is -2.08. The molecule has 0 aliphatic heterocycles. The van der Waals surface area contributed by atoms with Gasteiger partial charge in [0.25, 0.3) is 0 Å². The summed E-state index contributed by atoms with van der Waals surface area (Å²) in [6.07, 6.45) is 0.291. The minimum Gasteiger partial charge on any atom is -0.494 e. The minimum absolute atomic E-state index is 0.0182. The molecule has 0 saturated carbocycles. The number of nitrogens with one attached hydrogen (secondary N) is 1. The van der Waals surface area contributed by atoms with E-state index >= 15 is 0 Å². The number of ether oxygens (including phenoxy) is 2. The Hall–Kier alpha value is -3.55. The first-order valence-electron chi connectivity index (χ1n) is 7.17. The minimum atomic E-state index is -1.23. The largest absolute Gasteiger partial charge is 0.494 e. The SMILES string of the molecule is COc1cc2nccc(Oc3ccc(N)c(F)c3)c2cc1NC(=O)O. The number of carboxylic acid groups (broad SMARTS) is 1. The molecule has 128 valence electrons. The highest BCUT2D eigenvalue weighted by Crippen LogP contribution is 2.36. The van der Waals surface area contributed by atoms with E-state index in [-0.39, 0.29) is 17.1 Å². The van der Waals surface area contributed by atoms with Crippen molar-refractivity contribution in [1.82, 2.24) is 4.98 Å². The van der Waals surface area contributed by atoms with Gasteiger partial charge in [0.05, 0.1) is 24.0 Å². The van der Waals surface area contributed by atoms with Crippen LogP contribution in [-0.2, 0) is 0 Å². The molecule has 4 N–H and O–H groups in total. The molecule has 0 aliphatic carbocycles. The number of carbonyl (C=O) groups is 1. The molecule has 0 aliphatic rings. The van der Waals surface area contributed by atoms with E-state index in [9.17, 15) is 9.18 Å². The van der Waals surface area contributed by atoms with E-state index in [4.69, 9.17) is 20.3 Å². The molecule has 7 nitrogen and oxygen atoms in total. The summed E-state index contributed by atoms with van der Waals surface area (Å²) in [4.78, 5) is 15.2. The Kier molecular flexibility index (Phi) is 4.25. The fourth-order valence-electron chi connectivity index (χ4n) is 2.32. The van der Waals surface area contributed by atoms with Crippen LogP contribution >= 0.6 is 0 Å². The maximum absolute atomic E-state index is 13.6. The second kappa shape index (κ2) is 6.52. The van der Waals surface area contributed by atoms with E-state index in [1.807, 2.05) is 0 Å². The Morgan fingerprint density at radius 3 is 2.72 bits per heavy atom. The molecule has 25 heavy (non-hydrogen) atoms. The summed E-state index contributed by atoms with van der Waals surface area (Å²) < 4.78 is 24.5. The number of methoxy groups -OCH3 is 1. The highest BCUT2D eigenvalue weighted by atomic mass is 19.1.